The Kier molecular flexibility index (Phi) is 3.76. The van der Waals surface area contributed by atoms with Crippen molar-refractivity contribution in [2.24, 2.45) is 7.05 Å². The van der Waals surface area contributed by atoms with Gasteiger partial charge in [0.05, 0.1) is 6.04 Å². The van der Waals surface area contributed by atoms with Gasteiger partial charge in [0.15, 0.2) is 5.82 Å². The molecule has 0 aliphatic carbocycles. The first kappa shape index (κ1) is 14.2. The number of aromatic nitrogens is 4. The van der Waals surface area contributed by atoms with Gasteiger partial charge in [-0.05, 0) is 49.1 Å². The molecule has 2 aromatic rings. The van der Waals surface area contributed by atoms with Crippen LogP contribution in [0.1, 0.15) is 49.2 Å². The molecule has 5 heteroatoms. The van der Waals surface area contributed by atoms with Gasteiger partial charge in [0.1, 0.15) is 0 Å². The number of benzene rings is 1. The van der Waals surface area contributed by atoms with Gasteiger partial charge in [0.25, 0.3) is 0 Å². The minimum Gasteiger partial charge on any atom is -0.290 e. The molecule has 1 aromatic carbocycles. The molecule has 2 heterocycles. The smallest absolute Gasteiger partial charge is 0.167 e. The lowest BCUT2D eigenvalue weighted by Crippen LogP contribution is -2.31. The third kappa shape index (κ3) is 2.70. The zero-order valence-corrected chi connectivity index (χ0v) is 13.2. The average molecular weight is 285 g/mol. The maximum Gasteiger partial charge on any atom is 0.167 e. The summed E-state index contributed by atoms with van der Waals surface area (Å²) in [5.74, 6) is 1.54. The Morgan fingerprint density at radius 3 is 2.57 bits per heavy atom. The second-order valence-corrected chi connectivity index (χ2v) is 6.23. The molecule has 5 nitrogen and oxygen atoms in total. The molecule has 1 aliphatic rings. The molecule has 1 saturated heterocycles. The average Bonchev–Trinajstić information content (AvgIpc) is 3.05. The molecule has 0 amide bonds. The molecule has 21 heavy (non-hydrogen) atoms. The monoisotopic (exact) mass is 285 g/mol. The minimum absolute atomic E-state index is 0.246. The Balaban J connectivity index is 1.77. The number of likely N-dealkylation sites (tertiary alicyclic amines) is 1. The second kappa shape index (κ2) is 5.56. The highest BCUT2D eigenvalue weighted by Crippen LogP contribution is 2.36. The third-order valence-electron chi connectivity index (χ3n) is 4.70. The van der Waals surface area contributed by atoms with Gasteiger partial charge < -0.3 is 0 Å². The van der Waals surface area contributed by atoms with E-state index in [1.54, 1.807) is 4.68 Å². The second-order valence-electron chi connectivity index (χ2n) is 6.23. The molecule has 0 radical (unpaired) electrons. The topological polar surface area (TPSA) is 46.8 Å². The van der Waals surface area contributed by atoms with E-state index in [1.165, 1.54) is 17.5 Å². The van der Waals surface area contributed by atoms with Crippen molar-refractivity contribution in [2.75, 3.05) is 6.54 Å². The Morgan fingerprint density at radius 2 is 1.95 bits per heavy atom. The molecule has 0 unspecified atom stereocenters. The van der Waals surface area contributed by atoms with E-state index in [0.29, 0.717) is 12.0 Å². The summed E-state index contributed by atoms with van der Waals surface area (Å²) in [7, 11) is 1.91. The van der Waals surface area contributed by atoms with Crippen LogP contribution in [-0.2, 0) is 7.05 Å². The Hall–Kier alpha value is -1.75. The maximum absolute atomic E-state index is 4.16. The van der Waals surface area contributed by atoms with Gasteiger partial charge in [-0.3, -0.25) is 4.90 Å². The van der Waals surface area contributed by atoms with Crippen LogP contribution in [0.25, 0.3) is 0 Å². The van der Waals surface area contributed by atoms with Crippen LogP contribution in [0.2, 0.25) is 0 Å². The van der Waals surface area contributed by atoms with Crippen LogP contribution in [-0.4, -0.2) is 37.7 Å². The van der Waals surface area contributed by atoms with Crippen LogP contribution in [0.15, 0.2) is 24.3 Å². The fraction of sp³-hybridized carbons (Fsp3) is 0.562. The fourth-order valence-corrected chi connectivity index (χ4v) is 3.41. The first-order chi connectivity index (χ1) is 10.1. The number of hydrogen-bond donors (Lipinski definition) is 0. The van der Waals surface area contributed by atoms with Gasteiger partial charge in [-0.25, -0.2) is 4.68 Å². The molecule has 0 saturated carbocycles. The summed E-state index contributed by atoms with van der Waals surface area (Å²) >= 11 is 0. The normalized spacial score (nSPS) is 24.4. The Bertz CT molecular complexity index is 603. The third-order valence-corrected chi connectivity index (χ3v) is 4.70. The van der Waals surface area contributed by atoms with Crippen LogP contribution >= 0.6 is 0 Å². The van der Waals surface area contributed by atoms with Crippen molar-refractivity contribution in [1.82, 2.24) is 25.1 Å². The molecular formula is C16H23N5. The maximum atomic E-state index is 4.16. The highest BCUT2D eigenvalue weighted by atomic mass is 15.5. The zero-order chi connectivity index (χ0) is 15.0. The molecule has 1 fully saturated rings. The highest BCUT2D eigenvalue weighted by molar-refractivity contribution is 5.26. The van der Waals surface area contributed by atoms with Gasteiger partial charge in [-0.15, -0.1) is 5.10 Å². The first-order valence-electron chi connectivity index (χ1n) is 7.61. The van der Waals surface area contributed by atoms with E-state index in [-0.39, 0.29) is 6.04 Å². The lowest BCUT2D eigenvalue weighted by atomic mass is 9.96. The zero-order valence-electron chi connectivity index (χ0n) is 13.2. The molecule has 112 valence electrons. The van der Waals surface area contributed by atoms with E-state index in [9.17, 15) is 0 Å². The highest BCUT2D eigenvalue weighted by Gasteiger charge is 2.34. The summed E-state index contributed by atoms with van der Waals surface area (Å²) in [6.07, 6.45) is 1.19. The molecule has 1 aliphatic heterocycles. The summed E-state index contributed by atoms with van der Waals surface area (Å²) in [6.45, 7) is 7.70. The molecule has 1 aromatic heterocycles. The van der Waals surface area contributed by atoms with Crippen LogP contribution in [0.5, 0.6) is 0 Å². The molecule has 0 N–H and O–H groups in total. The van der Waals surface area contributed by atoms with E-state index in [1.807, 2.05) is 7.05 Å². The number of aryl methyl sites for hydroxylation is 2. The van der Waals surface area contributed by atoms with E-state index in [0.717, 1.165) is 12.4 Å². The standard InChI is InChI=1S/C16H23N5/c1-11-5-7-14(8-6-11)15-9-12(2)21(10-15)13(3)16-17-18-19-20(16)4/h5-8,12-13,15H,9-10H2,1-4H3/t12-,13-,15-/m1/s1. The largest absolute Gasteiger partial charge is 0.290 e. The summed E-state index contributed by atoms with van der Waals surface area (Å²) in [6, 6.07) is 9.74. The van der Waals surface area contributed by atoms with Crippen LogP contribution in [0, 0.1) is 6.92 Å². The predicted octanol–water partition coefficient (Wildman–Crippen LogP) is 2.46. The van der Waals surface area contributed by atoms with Crippen LogP contribution in [0.4, 0.5) is 0 Å². The van der Waals surface area contributed by atoms with Crippen molar-refractivity contribution in [3.05, 3.63) is 41.2 Å². The van der Waals surface area contributed by atoms with Crippen molar-refractivity contribution in [3.8, 4) is 0 Å². The van der Waals surface area contributed by atoms with E-state index < -0.39 is 0 Å². The van der Waals surface area contributed by atoms with Gasteiger partial charge in [0, 0.05) is 19.6 Å². The van der Waals surface area contributed by atoms with E-state index >= 15 is 0 Å². The molecule has 3 rings (SSSR count). The summed E-state index contributed by atoms with van der Waals surface area (Å²) in [5, 5.41) is 11.9. The Morgan fingerprint density at radius 1 is 1.24 bits per heavy atom. The minimum atomic E-state index is 0.246. The summed E-state index contributed by atoms with van der Waals surface area (Å²) in [4.78, 5) is 2.51. The number of hydrogen-bond acceptors (Lipinski definition) is 4. The fourth-order valence-electron chi connectivity index (χ4n) is 3.41. The van der Waals surface area contributed by atoms with Gasteiger partial charge in [-0.1, -0.05) is 29.8 Å². The molecular weight excluding hydrogens is 262 g/mol. The van der Waals surface area contributed by atoms with Crippen LogP contribution < -0.4 is 0 Å². The van der Waals surface area contributed by atoms with Crippen molar-refractivity contribution in [2.45, 2.75) is 45.2 Å². The summed E-state index contributed by atoms with van der Waals surface area (Å²) < 4.78 is 1.77. The SMILES string of the molecule is Cc1ccc([C@@H]2C[C@@H](C)N([C@H](C)c3nnnn3C)C2)cc1. The van der Waals surface area contributed by atoms with Gasteiger partial charge >= 0.3 is 0 Å². The number of nitrogens with zero attached hydrogens (tertiary/aromatic N) is 5. The van der Waals surface area contributed by atoms with Gasteiger partial charge in [0.2, 0.25) is 0 Å². The lowest BCUT2D eigenvalue weighted by molar-refractivity contribution is 0.192. The van der Waals surface area contributed by atoms with E-state index in [2.05, 4.69) is 65.5 Å². The predicted molar refractivity (Wildman–Crippen MR) is 81.9 cm³/mol. The molecule has 0 spiro atoms. The van der Waals surface area contributed by atoms with Crippen LogP contribution in [0.3, 0.4) is 0 Å². The Labute approximate surface area is 126 Å². The quantitative estimate of drug-likeness (QED) is 0.869. The van der Waals surface area contributed by atoms with Crippen molar-refractivity contribution in [1.29, 1.82) is 0 Å². The van der Waals surface area contributed by atoms with Crippen molar-refractivity contribution < 1.29 is 0 Å². The molecule has 0 bridgehead atoms. The first-order valence-corrected chi connectivity index (χ1v) is 7.61. The number of tetrazole rings is 1. The van der Waals surface area contributed by atoms with E-state index in [4.69, 9.17) is 0 Å². The lowest BCUT2D eigenvalue weighted by Gasteiger charge is -2.27. The molecule has 3 atom stereocenters. The van der Waals surface area contributed by atoms with Gasteiger partial charge in [-0.2, -0.15) is 0 Å². The summed E-state index contributed by atoms with van der Waals surface area (Å²) in [5.41, 5.74) is 2.76. The number of rotatable bonds is 3. The van der Waals surface area contributed by atoms with Crippen molar-refractivity contribution in [3.63, 3.8) is 0 Å². The van der Waals surface area contributed by atoms with Crippen molar-refractivity contribution >= 4 is 0 Å².